The Morgan fingerprint density at radius 2 is 2.00 bits per heavy atom. The van der Waals surface area contributed by atoms with Gasteiger partial charge in [-0.05, 0) is 48.9 Å². The predicted molar refractivity (Wildman–Crippen MR) is 123 cm³/mol. The van der Waals surface area contributed by atoms with Crippen molar-refractivity contribution in [3.8, 4) is 11.5 Å². The van der Waals surface area contributed by atoms with Gasteiger partial charge in [-0.2, -0.15) is 0 Å². The fourth-order valence-corrected chi connectivity index (χ4v) is 3.37. The van der Waals surface area contributed by atoms with Crippen LogP contribution in [-0.4, -0.2) is 23.9 Å². The van der Waals surface area contributed by atoms with Crippen molar-refractivity contribution in [2.45, 2.75) is 20.5 Å². The molecule has 8 heteroatoms. The Morgan fingerprint density at radius 3 is 2.71 bits per heavy atom. The van der Waals surface area contributed by atoms with Crippen molar-refractivity contribution < 1.29 is 19.1 Å². The number of benzene rings is 2. The van der Waals surface area contributed by atoms with Crippen LogP contribution in [0.4, 0.5) is 11.4 Å². The Morgan fingerprint density at radius 1 is 1.16 bits per heavy atom. The van der Waals surface area contributed by atoms with Gasteiger partial charge in [-0.3, -0.25) is 9.59 Å². The van der Waals surface area contributed by atoms with Gasteiger partial charge in [0.1, 0.15) is 18.1 Å². The maximum absolute atomic E-state index is 12.4. The van der Waals surface area contributed by atoms with E-state index in [1.807, 2.05) is 36.6 Å². The SMILES string of the molecule is COc1ccc(NC(C)=O)cc1NC(=O)/C=C/c1cccc(OCc2csc(C)n2)c1. The summed E-state index contributed by atoms with van der Waals surface area (Å²) >= 11 is 1.58. The Bertz CT molecular complexity index is 1110. The van der Waals surface area contributed by atoms with Crippen molar-refractivity contribution in [2.75, 3.05) is 17.7 Å². The first-order valence-electron chi connectivity index (χ1n) is 9.51. The first-order valence-corrected chi connectivity index (χ1v) is 10.4. The number of rotatable bonds is 8. The third kappa shape index (κ3) is 6.68. The molecule has 0 saturated heterocycles. The first-order chi connectivity index (χ1) is 14.9. The van der Waals surface area contributed by atoms with Gasteiger partial charge in [0.15, 0.2) is 0 Å². The molecule has 2 aromatic carbocycles. The number of aromatic nitrogens is 1. The lowest BCUT2D eigenvalue weighted by molar-refractivity contribution is -0.114. The average molecular weight is 438 g/mol. The Hall–Kier alpha value is -3.65. The highest BCUT2D eigenvalue weighted by Gasteiger charge is 2.08. The third-order valence-electron chi connectivity index (χ3n) is 4.12. The molecule has 2 amide bonds. The molecule has 7 nitrogen and oxygen atoms in total. The summed E-state index contributed by atoms with van der Waals surface area (Å²) in [6.07, 6.45) is 3.12. The number of hydrogen-bond acceptors (Lipinski definition) is 6. The van der Waals surface area contributed by atoms with Crippen LogP contribution in [0.3, 0.4) is 0 Å². The second kappa shape index (κ2) is 10.4. The van der Waals surface area contributed by atoms with Crippen molar-refractivity contribution >= 4 is 40.6 Å². The summed E-state index contributed by atoms with van der Waals surface area (Å²) in [6, 6.07) is 12.5. The summed E-state index contributed by atoms with van der Waals surface area (Å²) in [5.41, 5.74) is 2.73. The monoisotopic (exact) mass is 437 g/mol. The zero-order chi connectivity index (χ0) is 22.2. The van der Waals surface area contributed by atoms with Crippen LogP contribution in [0, 0.1) is 6.92 Å². The van der Waals surface area contributed by atoms with Crippen LogP contribution < -0.4 is 20.1 Å². The fraction of sp³-hybridized carbons (Fsp3) is 0.174. The molecule has 0 fully saturated rings. The highest BCUT2D eigenvalue weighted by atomic mass is 32.1. The minimum Gasteiger partial charge on any atom is -0.495 e. The zero-order valence-corrected chi connectivity index (χ0v) is 18.3. The van der Waals surface area contributed by atoms with Gasteiger partial charge in [-0.15, -0.1) is 11.3 Å². The lowest BCUT2D eigenvalue weighted by Crippen LogP contribution is -2.10. The van der Waals surface area contributed by atoms with Gasteiger partial charge in [0.05, 0.1) is 23.5 Å². The summed E-state index contributed by atoms with van der Waals surface area (Å²) in [6.45, 7) is 3.76. The van der Waals surface area contributed by atoms with Crippen molar-refractivity contribution in [3.05, 3.63) is 70.2 Å². The number of nitrogens with zero attached hydrogens (tertiary/aromatic N) is 1. The molecule has 0 unspecified atom stereocenters. The number of thiazole rings is 1. The highest BCUT2D eigenvalue weighted by molar-refractivity contribution is 7.09. The number of aryl methyl sites for hydroxylation is 1. The molecule has 1 aromatic heterocycles. The van der Waals surface area contributed by atoms with E-state index in [1.54, 1.807) is 35.6 Å². The van der Waals surface area contributed by atoms with Gasteiger partial charge >= 0.3 is 0 Å². The highest BCUT2D eigenvalue weighted by Crippen LogP contribution is 2.28. The Kier molecular flexibility index (Phi) is 7.40. The van der Waals surface area contributed by atoms with E-state index in [0.29, 0.717) is 29.5 Å². The number of carbonyl (C=O) groups is 2. The lowest BCUT2D eigenvalue weighted by Gasteiger charge is -2.11. The maximum atomic E-state index is 12.4. The van der Waals surface area contributed by atoms with Crippen LogP contribution in [0.1, 0.15) is 23.2 Å². The molecule has 0 aliphatic carbocycles. The normalized spacial score (nSPS) is 10.7. The van der Waals surface area contributed by atoms with Gasteiger partial charge in [-0.1, -0.05) is 12.1 Å². The number of methoxy groups -OCH3 is 1. The molecule has 0 atom stereocenters. The quantitative estimate of drug-likeness (QED) is 0.501. The van der Waals surface area contributed by atoms with E-state index in [2.05, 4.69) is 15.6 Å². The van der Waals surface area contributed by atoms with E-state index in [-0.39, 0.29) is 11.8 Å². The van der Waals surface area contributed by atoms with Crippen LogP contribution in [0.5, 0.6) is 11.5 Å². The number of hydrogen-bond donors (Lipinski definition) is 2. The zero-order valence-electron chi connectivity index (χ0n) is 17.5. The smallest absolute Gasteiger partial charge is 0.248 e. The summed E-state index contributed by atoms with van der Waals surface area (Å²) in [5.74, 6) is 0.651. The first kappa shape index (κ1) is 22.0. The summed E-state index contributed by atoms with van der Waals surface area (Å²) in [5, 5.41) is 8.42. The molecule has 0 saturated carbocycles. The molecule has 2 N–H and O–H groups in total. The molecule has 1 heterocycles. The topological polar surface area (TPSA) is 89.6 Å². The average Bonchev–Trinajstić information content (AvgIpc) is 3.16. The van der Waals surface area contributed by atoms with E-state index in [0.717, 1.165) is 16.3 Å². The van der Waals surface area contributed by atoms with E-state index in [1.165, 1.54) is 20.1 Å². The fourth-order valence-electron chi connectivity index (χ4n) is 2.77. The van der Waals surface area contributed by atoms with Crippen LogP contribution >= 0.6 is 11.3 Å². The molecule has 0 aliphatic heterocycles. The van der Waals surface area contributed by atoms with E-state index < -0.39 is 0 Å². The largest absolute Gasteiger partial charge is 0.495 e. The second-order valence-corrected chi connectivity index (χ2v) is 7.70. The van der Waals surface area contributed by atoms with Crippen molar-refractivity contribution in [1.82, 2.24) is 4.98 Å². The molecule has 0 aliphatic rings. The van der Waals surface area contributed by atoms with Crippen LogP contribution in [-0.2, 0) is 16.2 Å². The maximum Gasteiger partial charge on any atom is 0.248 e. The van der Waals surface area contributed by atoms with Crippen LogP contribution in [0.2, 0.25) is 0 Å². The van der Waals surface area contributed by atoms with Gasteiger partial charge < -0.3 is 20.1 Å². The number of ether oxygens (including phenoxy) is 2. The molecule has 0 bridgehead atoms. The van der Waals surface area contributed by atoms with E-state index in [9.17, 15) is 9.59 Å². The second-order valence-electron chi connectivity index (χ2n) is 6.64. The van der Waals surface area contributed by atoms with Crippen molar-refractivity contribution in [2.24, 2.45) is 0 Å². The molecule has 0 spiro atoms. The lowest BCUT2D eigenvalue weighted by atomic mass is 10.2. The van der Waals surface area contributed by atoms with Gasteiger partial charge in [0.2, 0.25) is 11.8 Å². The molecule has 160 valence electrons. The van der Waals surface area contributed by atoms with E-state index >= 15 is 0 Å². The Balaban J connectivity index is 1.64. The molecule has 0 radical (unpaired) electrons. The molecular weight excluding hydrogens is 414 g/mol. The van der Waals surface area contributed by atoms with E-state index in [4.69, 9.17) is 9.47 Å². The summed E-state index contributed by atoms with van der Waals surface area (Å²) < 4.78 is 11.1. The molecule has 3 aromatic rings. The Labute approximate surface area is 184 Å². The van der Waals surface area contributed by atoms with Crippen molar-refractivity contribution in [3.63, 3.8) is 0 Å². The predicted octanol–water partition coefficient (Wildman–Crippen LogP) is 4.65. The number of nitrogens with one attached hydrogen (secondary N) is 2. The summed E-state index contributed by atoms with van der Waals surface area (Å²) in [4.78, 5) is 28.0. The third-order valence-corrected chi connectivity index (χ3v) is 4.94. The standard InChI is InChI=1S/C23H23N3O4S/c1-15(27)24-18-8-9-22(29-3)21(12-18)26-23(28)10-7-17-5-4-6-20(11-17)30-13-19-14-31-16(2)25-19/h4-12,14H,13H2,1-3H3,(H,24,27)(H,26,28)/b10-7+. The number of carbonyl (C=O) groups excluding carboxylic acids is 2. The number of anilines is 2. The number of amides is 2. The molecule has 3 rings (SSSR count). The van der Waals surface area contributed by atoms with Crippen LogP contribution in [0.15, 0.2) is 53.9 Å². The van der Waals surface area contributed by atoms with Crippen molar-refractivity contribution in [1.29, 1.82) is 0 Å². The summed E-state index contributed by atoms with van der Waals surface area (Å²) in [7, 11) is 1.51. The molecule has 31 heavy (non-hydrogen) atoms. The minimum absolute atomic E-state index is 0.200. The van der Waals surface area contributed by atoms with Gasteiger partial charge in [0, 0.05) is 24.1 Å². The van der Waals surface area contributed by atoms with Gasteiger partial charge in [-0.25, -0.2) is 4.98 Å². The molecular formula is C23H23N3O4S. The van der Waals surface area contributed by atoms with Crippen LogP contribution in [0.25, 0.3) is 6.08 Å². The van der Waals surface area contributed by atoms with Gasteiger partial charge in [0.25, 0.3) is 0 Å². The minimum atomic E-state index is -0.331.